The van der Waals surface area contributed by atoms with Crippen LogP contribution in [0.3, 0.4) is 0 Å². The molecule has 0 saturated carbocycles. The second-order valence-electron chi connectivity index (χ2n) is 7.80. The van der Waals surface area contributed by atoms with Crippen LogP contribution >= 0.6 is 0 Å². The Morgan fingerprint density at radius 2 is 1.64 bits per heavy atom. The summed E-state index contributed by atoms with van der Waals surface area (Å²) in [7, 11) is 3.00. The van der Waals surface area contributed by atoms with Gasteiger partial charge in [-0.1, -0.05) is 30.3 Å². The number of nitrogens with one attached hydrogen (secondary N) is 1. The van der Waals surface area contributed by atoms with Gasteiger partial charge >= 0.3 is 0 Å². The van der Waals surface area contributed by atoms with Crippen LogP contribution in [0, 0.1) is 5.82 Å². The summed E-state index contributed by atoms with van der Waals surface area (Å²) in [5.41, 5.74) is 2.24. The molecule has 1 saturated heterocycles. The minimum Gasteiger partial charge on any atom is -0.493 e. The first-order valence-electron chi connectivity index (χ1n) is 10.9. The van der Waals surface area contributed by atoms with Crippen molar-refractivity contribution < 1.29 is 23.4 Å². The quantitative estimate of drug-likeness (QED) is 0.506. The number of rotatable bonds is 8. The third kappa shape index (κ3) is 5.19. The van der Waals surface area contributed by atoms with E-state index < -0.39 is 5.91 Å². The van der Waals surface area contributed by atoms with E-state index in [1.165, 1.54) is 20.3 Å². The fourth-order valence-electron chi connectivity index (χ4n) is 3.89. The Bertz CT molecular complexity index is 1090. The lowest BCUT2D eigenvalue weighted by molar-refractivity contribution is 0.102. The van der Waals surface area contributed by atoms with Crippen LogP contribution in [0.5, 0.6) is 17.2 Å². The van der Waals surface area contributed by atoms with Gasteiger partial charge in [0.25, 0.3) is 5.91 Å². The van der Waals surface area contributed by atoms with Crippen LogP contribution in [0.25, 0.3) is 0 Å². The number of halogens is 1. The van der Waals surface area contributed by atoms with E-state index in [-0.39, 0.29) is 5.82 Å². The van der Waals surface area contributed by atoms with Crippen molar-refractivity contribution in [2.75, 3.05) is 37.5 Å². The molecule has 0 unspecified atom stereocenters. The monoisotopic (exact) mass is 450 g/mol. The van der Waals surface area contributed by atoms with E-state index in [1.54, 1.807) is 24.3 Å². The Morgan fingerprint density at radius 3 is 2.24 bits per heavy atom. The van der Waals surface area contributed by atoms with Crippen molar-refractivity contribution in [3.05, 3.63) is 77.6 Å². The standard InChI is InChI=1S/C26H27FN2O4/c1-31-23-14-19(15-24(32-2)25(23)33-17-18-8-4-3-5-9-18)26(30)28-20-10-11-22(21(27)16-20)29-12-6-7-13-29/h3-5,8-11,14-16H,6-7,12-13,17H2,1-2H3,(H,28,30). The van der Waals surface area contributed by atoms with Gasteiger partial charge in [-0.05, 0) is 48.7 Å². The van der Waals surface area contributed by atoms with Gasteiger partial charge in [0.15, 0.2) is 11.5 Å². The Labute approximate surface area is 192 Å². The molecular weight excluding hydrogens is 423 g/mol. The first-order valence-corrected chi connectivity index (χ1v) is 10.9. The van der Waals surface area contributed by atoms with E-state index >= 15 is 0 Å². The van der Waals surface area contributed by atoms with E-state index in [0.717, 1.165) is 31.5 Å². The number of hydrogen-bond donors (Lipinski definition) is 1. The van der Waals surface area contributed by atoms with E-state index in [1.807, 2.05) is 35.2 Å². The number of methoxy groups -OCH3 is 2. The highest BCUT2D eigenvalue weighted by molar-refractivity contribution is 6.05. The summed E-state index contributed by atoms with van der Waals surface area (Å²) in [6, 6.07) is 17.6. The topological polar surface area (TPSA) is 60.0 Å². The highest BCUT2D eigenvalue weighted by Crippen LogP contribution is 2.39. The van der Waals surface area contributed by atoms with Gasteiger partial charge < -0.3 is 24.4 Å². The van der Waals surface area contributed by atoms with Gasteiger partial charge in [0, 0.05) is 24.3 Å². The van der Waals surface area contributed by atoms with Crippen molar-refractivity contribution in [3.8, 4) is 17.2 Å². The molecule has 1 amide bonds. The number of nitrogens with zero attached hydrogens (tertiary/aromatic N) is 1. The number of benzene rings is 3. The summed E-state index contributed by atoms with van der Waals surface area (Å²) in [5.74, 6) is 0.377. The summed E-state index contributed by atoms with van der Waals surface area (Å²) >= 11 is 0. The van der Waals surface area contributed by atoms with Crippen molar-refractivity contribution in [3.63, 3.8) is 0 Å². The predicted molar refractivity (Wildman–Crippen MR) is 126 cm³/mol. The SMILES string of the molecule is COc1cc(C(=O)Nc2ccc(N3CCCC3)c(F)c2)cc(OC)c1OCc1ccccc1. The third-order valence-electron chi connectivity index (χ3n) is 5.60. The fraction of sp³-hybridized carbons (Fsp3) is 0.269. The average Bonchev–Trinajstić information content (AvgIpc) is 3.37. The lowest BCUT2D eigenvalue weighted by Crippen LogP contribution is -2.19. The summed E-state index contributed by atoms with van der Waals surface area (Å²) in [6.07, 6.45) is 2.12. The van der Waals surface area contributed by atoms with Gasteiger partial charge in [0.2, 0.25) is 5.75 Å². The molecule has 33 heavy (non-hydrogen) atoms. The molecule has 3 aromatic carbocycles. The number of hydrogen-bond acceptors (Lipinski definition) is 5. The number of carbonyl (C=O) groups excluding carboxylic acids is 1. The third-order valence-corrected chi connectivity index (χ3v) is 5.60. The molecule has 0 aliphatic carbocycles. The smallest absolute Gasteiger partial charge is 0.255 e. The Hall–Kier alpha value is -3.74. The normalized spacial score (nSPS) is 13.0. The van der Waals surface area contributed by atoms with Crippen LogP contribution < -0.4 is 24.4 Å². The van der Waals surface area contributed by atoms with Gasteiger partial charge in [-0.15, -0.1) is 0 Å². The van der Waals surface area contributed by atoms with Crippen molar-refractivity contribution in [1.29, 1.82) is 0 Å². The summed E-state index contributed by atoms with van der Waals surface area (Å²) < 4.78 is 31.5. The molecule has 1 aliphatic rings. The molecular formula is C26H27FN2O4. The van der Waals surface area contributed by atoms with E-state index in [2.05, 4.69) is 5.32 Å². The first-order chi connectivity index (χ1) is 16.1. The van der Waals surface area contributed by atoms with Crippen molar-refractivity contribution >= 4 is 17.3 Å². The number of carbonyl (C=O) groups is 1. The molecule has 0 aromatic heterocycles. The van der Waals surface area contributed by atoms with Crippen LogP contribution in [-0.2, 0) is 6.61 Å². The lowest BCUT2D eigenvalue weighted by Gasteiger charge is -2.19. The molecule has 6 nitrogen and oxygen atoms in total. The highest BCUT2D eigenvalue weighted by Gasteiger charge is 2.20. The highest BCUT2D eigenvalue weighted by atomic mass is 19.1. The minimum atomic E-state index is -0.408. The molecule has 7 heteroatoms. The van der Waals surface area contributed by atoms with Crippen LogP contribution in [0.15, 0.2) is 60.7 Å². The van der Waals surface area contributed by atoms with Gasteiger partial charge in [0.1, 0.15) is 12.4 Å². The largest absolute Gasteiger partial charge is 0.493 e. The van der Waals surface area contributed by atoms with E-state index in [4.69, 9.17) is 14.2 Å². The van der Waals surface area contributed by atoms with Crippen LogP contribution in [0.1, 0.15) is 28.8 Å². The molecule has 0 spiro atoms. The molecule has 172 valence electrons. The van der Waals surface area contributed by atoms with Gasteiger partial charge in [-0.2, -0.15) is 0 Å². The molecule has 0 atom stereocenters. The first kappa shape index (κ1) is 22.5. The zero-order valence-corrected chi connectivity index (χ0v) is 18.8. The average molecular weight is 451 g/mol. The molecule has 3 aromatic rings. The Kier molecular flexibility index (Phi) is 6.98. The molecule has 1 heterocycles. The number of ether oxygens (including phenoxy) is 3. The van der Waals surface area contributed by atoms with Gasteiger partial charge in [-0.25, -0.2) is 4.39 Å². The predicted octanol–water partition coefficient (Wildman–Crippen LogP) is 5.27. The molecule has 1 fully saturated rings. The number of amides is 1. The van der Waals surface area contributed by atoms with Crippen LogP contribution in [-0.4, -0.2) is 33.2 Å². The van der Waals surface area contributed by atoms with E-state index in [0.29, 0.717) is 40.8 Å². The Morgan fingerprint density at radius 1 is 0.970 bits per heavy atom. The minimum absolute atomic E-state index is 0.305. The molecule has 0 radical (unpaired) electrons. The summed E-state index contributed by atoms with van der Waals surface area (Å²) in [5, 5.41) is 2.75. The second kappa shape index (κ2) is 10.3. The maximum atomic E-state index is 14.6. The fourth-order valence-corrected chi connectivity index (χ4v) is 3.89. The second-order valence-corrected chi connectivity index (χ2v) is 7.80. The van der Waals surface area contributed by atoms with Gasteiger partial charge in [-0.3, -0.25) is 4.79 Å². The molecule has 1 aliphatic heterocycles. The number of anilines is 2. The van der Waals surface area contributed by atoms with Gasteiger partial charge in [0.05, 0.1) is 19.9 Å². The van der Waals surface area contributed by atoms with Crippen molar-refractivity contribution in [2.24, 2.45) is 0 Å². The van der Waals surface area contributed by atoms with Crippen LogP contribution in [0.4, 0.5) is 15.8 Å². The summed E-state index contributed by atoms with van der Waals surface area (Å²) in [6.45, 7) is 2.02. The van der Waals surface area contributed by atoms with E-state index in [9.17, 15) is 9.18 Å². The summed E-state index contributed by atoms with van der Waals surface area (Å²) in [4.78, 5) is 14.9. The zero-order valence-electron chi connectivity index (χ0n) is 18.8. The molecule has 4 rings (SSSR count). The van der Waals surface area contributed by atoms with Crippen LogP contribution in [0.2, 0.25) is 0 Å². The van der Waals surface area contributed by atoms with Crippen molar-refractivity contribution in [1.82, 2.24) is 0 Å². The van der Waals surface area contributed by atoms with Crippen molar-refractivity contribution in [2.45, 2.75) is 19.4 Å². The Balaban J connectivity index is 1.52. The molecule has 0 bridgehead atoms. The lowest BCUT2D eigenvalue weighted by atomic mass is 10.1. The zero-order chi connectivity index (χ0) is 23.2. The maximum absolute atomic E-state index is 14.6. The molecule has 1 N–H and O–H groups in total. The maximum Gasteiger partial charge on any atom is 0.255 e.